The van der Waals surface area contributed by atoms with Crippen molar-refractivity contribution in [1.82, 2.24) is 10.2 Å². The Morgan fingerprint density at radius 3 is 2.64 bits per heavy atom. The summed E-state index contributed by atoms with van der Waals surface area (Å²) in [5, 5.41) is 2.72. The molecule has 2 amide bonds. The molecule has 1 fully saturated rings. The fourth-order valence-corrected chi connectivity index (χ4v) is 3.02. The number of carbonyl (C=O) groups is 2. The molecule has 0 bridgehead atoms. The van der Waals surface area contributed by atoms with Crippen LogP contribution in [0.4, 0.5) is 13.2 Å². The van der Waals surface area contributed by atoms with E-state index in [-0.39, 0.29) is 31.7 Å². The molecule has 0 aromatic heterocycles. The summed E-state index contributed by atoms with van der Waals surface area (Å²) >= 11 is 0. The van der Waals surface area contributed by atoms with E-state index >= 15 is 0 Å². The quantitative estimate of drug-likeness (QED) is 0.899. The number of hydrogen-bond acceptors (Lipinski definition) is 3. The summed E-state index contributed by atoms with van der Waals surface area (Å²) in [6.45, 7) is 0.975. The van der Waals surface area contributed by atoms with Crippen LogP contribution in [0.3, 0.4) is 0 Å². The first-order valence-electron chi connectivity index (χ1n) is 7.97. The summed E-state index contributed by atoms with van der Waals surface area (Å²) < 4.78 is 44.1. The molecule has 138 valence electrons. The van der Waals surface area contributed by atoms with Crippen LogP contribution >= 0.6 is 0 Å². The van der Waals surface area contributed by atoms with Gasteiger partial charge in [0.25, 0.3) is 0 Å². The maximum atomic E-state index is 13.0. The van der Waals surface area contributed by atoms with Gasteiger partial charge in [0.1, 0.15) is 11.8 Å². The van der Waals surface area contributed by atoms with Crippen molar-refractivity contribution in [2.75, 3.05) is 13.7 Å². The van der Waals surface area contributed by atoms with Crippen LogP contribution in [0.15, 0.2) is 24.3 Å². The molecule has 8 heteroatoms. The summed E-state index contributed by atoms with van der Waals surface area (Å²) in [5.74, 6) is -0.319. The van der Waals surface area contributed by atoms with Crippen molar-refractivity contribution in [2.24, 2.45) is 0 Å². The van der Waals surface area contributed by atoms with Gasteiger partial charge < -0.3 is 15.0 Å². The number of amides is 2. The van der Waals surface area contributed by atoms with Crippen LogP contribution in [0, 0.1) is 0 Å². The lowest BCUT2D eigenvalue weighted by atomic mass is 9.97. The van der Waals surface area contributed by atoms with Crippen LogP contribution in [0.25, 0.3) is 0 Å². The molecule has 0 aliphatic carbocycles. The Bertz CT molecular complexity index is 634. The Hall–Kier alpha value is -2.25. The Labute approximate surface area is 144 Å². The molecule has 1 heterocycles. The predicted molar refractivity (Wildman–Crippen MR) is 85.1 cm³/mol. The molecule has 5 nitrogen and oxygen atoms in total. The number of rotatable bonds is 4. The molecule has 0 radical (unpaired) electrons. The van der Waals surface area contributed by atoms with E-state index in [1.165, 1.54) is 7.11 Å². The van der Waals surface area contributed by atoms with E-state index in [1.54, 1.807) is 24.3 Å². The Morgan fingerprint density at radius 2 is 2.04 bits per heavy atom. The van der Waals surface area contributed by atoms with Gasteiger partial charge in [-0.2, -0.15) is 13.2 Å². The number of nitrogens with zero attached hydrogens (tertiary/aromatic N) is 1. The first kappa shape index (κ1) is 19.1. The zero-order chi connectivity index (χ0) is 18.6. The van der Waals surface area contributed by atoms with Gasteiger partial charge in [0.05, 0.1) is 13.5 Å². The monoisotopic (exact) mass is 358 g/mol. The second-order valence-electron chi connectivity index (χ2n) is 6.10. The number of piperidine rings is 1. The van der Waals surface area contributed by atoms with Gasteiger partial charge >= 0.3 is 6.18 Å². The number of nitrogens with one attached hydrogen (secondary N) is 1. The summed E-state index contributed by atoms with van der Waals surface area (Å²) in [7, 11) is 1.52. The lowest BCUT2D eigenvalue weighted by Gasteiger charge is -2.40. The highest BCUT2D eigenvalue weighted by Gasteiger charge is 2.47. The lowest BCUT2D eigenvalue weighted by molar-refractivity contribution is -0.196. The van der Waals surface area contributed by atoms with E-state index < -0.39 is 24.2 Å². The van der Waals surface area contributed by atoms with Crippen LogP contribution in [0.1, 0.15) is 25.3 Å². The fraction of sp³-hybridized carbons (Fsp3) is 0.529. The molecular weight excluding hydrogens is 337 g/mol. The molecule has 1 saturated heterocycles. The van der Waals surface area contributed by atoms with E-state index in [1.807, 2.05) is 0 Å². The van der Waals surface area contributed by atoms with Crippen LogP contribution in [-0.4, -0.2) is 48.6 Å². The number of halogens is 3. The van der Waals surface area contributed by atoms with Crippen molar-refractivity contribution in [3.63, 3.8) is 0 Å². The van der Waals surface area contributed by atoms with Gasteiger partial charge in [-0.25, -0.2) is 0 Å². The van der Waals surface area contributed by atoms with E-state index in [0.29, 0.717) is 5.75 Å². The standard InChI is InChI=1S/C17H21F3N2O3/c1-11(23)22-10-13(6-7-15(22)17(18,19)20)21-16(24)9-12-4-3-5-14(8-12)25-2/h3-5,8,13,15H,6-7,9-10H2,1-2H3,(H,21,24). The van der Waals surface area contributed by atoms with Crippen molar-refractivity contribution >= 4 is 11.8 Å². The van der Waals surface area contributed by atoms with Crippen molar-refractivity contribution in [2.45, 2.75) is 44.4 Å². The second-order valence-corrected chi connectivity index (χ2v) is 6.10. The van der Waals surface area contributed by atoms with Crippen molar-refractivity contribution in [3.8, 4) is 5.75 Å². The molecule has 1 aromatic rings. The maximum absolute atomic E-state index is 13.0. The molecule has 0 saturated carbocycles. The van der Waals surface area contributed by atoms with Gasteiger partial charge in [0.2, 0.25) is 11.8 Å². The van der Waals surface area contributed by atoms with Crippen LogP contribution in [0.5, 0.6) is 5.75 Å². The summed E-state index contributed by atoms with van der Waals surface area (Å²) in [6.07, 6.45) is -4.40. The Morgan fingerprint density at radius 1 is 1.32 bits per heavy atom. The number of ether oxygens (including phenoxy) is 1. The third-order valence-electron chi connectivity index (χ3n) is 4.23. The second kappa shape index (κ2) is 7.76. The molecule has 1 aliphatic rings. The molecule has 0 spiro atoms. The van der Waals surface area contributed by atoms with Crippen LogP contribution < -0.4 is 10.1 Å². The number of benzene rings is 1. The molecule has 2 rings (SSSR count). The highest BCUT2D eigenvalue weighted by atomic mass is 19.4. The normalized spacial score (nSPS) is 20.9. The minimum atomic E-state index is -4.46. The lowest BCUT2D eigenvalue weighted by Crippen LogP contribution is -2.57. The van der Waals surface area contributed by atoms with Crippen LogP contribution in [0.2, 0.25) is 0 Å². The minimum absolute atomic E-state index is 0.0937. The van der Waals surface area contributed by atoms with Gasteiger partial charge in [-0.1, -0.05) is 12.1 Å². The number of methoxy groups -OCH3 is 1. The maximum Gasteiger partial charge on any atom is 0.408 e. The average molecular weight is 358 g/mol. The Balaban J connectivity index is 1.96. The minimum Gasteiger partial charge on any atom is -0.497 e. The average Bonchev–Trinajstić information content (AvgIpc) is 2.53. The topological polar surface area (TPSA) is 58.6 Å². The van der Waals surface area contributed by atoms with Crippen LogP contribution in [-0.2, 0) is 16.0 Å². The summed E-state index contributed by atoms with van der Waals surface area (Å²) in [5.41, 5.74) is 0.740. The molecule has 1 aromatic carbocycles. The van der Waals surface area contributed by atoms with Crippen molar-refractivity contribution < 1.29 is 27.5 Å². The first-order valence-corrected chi connectivity index (χ1v) is 7.97. The number of carbonyl (C=O) groups excluding carboxylic acids is 2. The predicted octanol–water partition coefficient (Wildman–Crippen LogP) is 2.30. The molecule has 2 unspecified atom stereocenters. The highest BCUT2D eigenvalue weighted by molar-refractivity contribution is 5.79. The van der Waals surface area contributed by atoms with E-state index in [4.69, 9.17) is 4.74 Å². The summed E-state index contributed by atoms with van der Waals surface area (Å²) in [6, 6.07) is 4.74. The SMILES string of the molecule is COc1cccc(CC(=O)NC2CCC(C(F)(F)F)N(C(C)=O)C2)c1. The van der Waals surface area contributed by atoms with Crippen molar-refractivity contribution in [1.29, 1.82) is 0 Å². The zero-order valence-electron chi connectivity index (χ0n) is 14.1. The number of alkyl halides is 3. The highest BCUT2D eigenvalue weighted by Crippen LogP contribution is 2.32. The number of likely N-dealkylation sites (tertiary alicyclic amines) is 1. The van der Waals surface area contributed by atoms with Gasteiger partial charge in [-0.3, -0.25) is 9.59 Å². The zero-order valence-corrected chi connectivity index (χ0v) is 14.1. The first-order chi connectivity index (χ1) is 11.7. The molecule has 2 atom stereocenters. The fourth-order valence-electron chi connectivity index (χ4n) is 3.02. The largest absolute Gasteiger partial charge is 0.497 e. The van der Waals surface area contributed by atoms with Crippen molar-refractivity contribution in [3.05, 3.63) is 29.8 Å². The molecule has 1 N–H and O–H groups in total. The van der Waals surface area contributed by atoms with E-state index in [2.05, 4.69) is 5.32 Å². The third-order valence-corrected chi connectivity index (χ3v) is 4.23. The van der Waals surface area contributed by atoms with E-state index in [9.17, 15) is 22.8 Å². The smallest absolute Gasteiger partial charge is 0.408 e. The molecular formula is C17H21F3N2O3. The third kappa shape index (κ3) is 5.11. The summed E-state index contributed by atoms with van der Waals surface area (Å²) in [4.78, 5) is 24.5. The molecule has 1 aliphatic heterocycles. The van der Waals surface area contributed by atoms with E-state index in [0.717, 1.165) is 17.4 Å². The van der Waals surface area contributed by atoms with Gasteiger partial charge in [-0.05, 0) is 30.5 Å². The number of hydrogen-bond donors (Lipinski definition) is 1. The van der Waals surface area contributed by atoms with Gasteiger partial charge in [0.15, 0.2) is 0 Å². The van der Waals surface area contributed by atoms with Gasteiger partial charge in [-0.15, -0.1) is 0 Å². The Kier molecular flexibility index (Phi) is 5.92. The van der Waals surface area contributed by atoms with Gasteiger partial charge in [0, 0.05) is 19.5 Å². The molecule has 25 heavy (non-hydrogen) atoms.